The van der Waals surface area contributed by atoms with Crippen LogP contribution >= 0.6 is 11.3 Å². The molecule has 0 fully saturated rings. The molecule has 0 bridgehead atoms. The van der Waals surface area contributed by atoms with Crippen LogP contribution in [0.15, 0.2) is 17.0 Å². The Morgan fingerprint density at radius 3 is 3.39 bits per heavy atom. The number of rotatable bonds is 4. The van der Waals surface area contributed by atoms with E-state index < -0.39 is 0 Å². The Bertz CT molecular complexity index is 505. The van der Waals surface area contributed by atoms with E-state index in [2.05, 4.69) is 36.8 Å². The van der Waals surface area contributed by atoms with Crippen LogP contribution in [0.25, 0.3) is 0 Å². The van der Waals surface area contributed by atoms with Gasteiger partial charge in [-0.2, -0.15) is 5.10 Å². The van der Waals surface area contributed by atoms with E-state index in [-0.39, 0.29) is 0 Å². The number of thiazole rings is 1. The van der Waals surface area contributed by atoms with Crippen molar-refractivity contribution in [3.05, 3.63) is 28.3 Å². The van der Waals surface area contributed by atoms with Gasteiger partial charge in [-0.25, -0.2) is 9.67 Å². The van der Waals surface area contributed by atoms with Crippen LogP contribution in [0.3, 0.4) is 0 Å². The topological polar surface area (TPSA) is 54.8 Å². The van der Waals surface area contributed by atoms with E-state index in [0.717, 1.165) is 43.4 Å². The van der Waals surface area contributed by atoms with Gasteiger partial charge in [-0.3, -0.25) is 0 Å². The molecule has 0 radical (unpaired) electrons. The summed E-state index contributed by atoms with van der Waals surface area (Å²) in [6.07, 6.45) is 0. The second-order valence-corrected chi connectivity index (χ2v) is 5.43. The van der Waals surface area contributed by atoms with Crippen LogP contribution in [-0.4, -0.2) is 27.9 Å². The molecule has 0 aromatic carbocycles. The second-order valence-electron chi connectivity index (χ2n) is 4.71. The number of aromatic nitrogens is 3. The lowest BCUT2D eigenvalue weighted by Crippen LogP contribution is -2.35. The van der Waals surface area contributed by atoms with E-state index in [9.17, 15) is 0 Å². The molecule has 3 heterocycles. The summed E-state index contributed by atoms with van der Waals surface area (Å²) in [5.41, 5.74) is 4.07. The van der Waals surface area contributed by atoms with Crippen LogP contribution in [-0.2, 0) is 13.1 Å². The maximum atomic E-state index is 4.48. The zero-order chi connectivity index (χ0) is 12.4. The highest BCUT2D eigenvalue weighted by Crippen LogP contribution is 2.17. The van der Waals surface area contributed by atoms with E-state index in [1.807, 2.05) is 12.4 Å². The van der Waals surface area contributed by atoms with Crippen molar-refractivity contribution in [2.24, 2.45) is 5.92 Å². The number of nitrogens with zero attached hydrogens (tertiary/aromatic N) is 3. The van der Waals surface area contributed by atoms with Crippen LogP contribution in [0.5, 0.6) is 0 Å². The van der Waals surface area contributed by atoms with Crippen molar-refractivity contribution >= 4 is 17.2 Å². The number of hydrogen-bond donors (Lipinski definition) is 2. The van der Waals surface area contributed by atoms with Crippen LogP contribution < -0.4 is 10.6 Å². The highest BCUT2D eigenvalue weighted by Gasteiger charge is 2.18. The molecule has 1 unspecified atom stereocenters. The lowest BCUT2D eigenvalue weighted by Gasteiger charge is -2.25. The molecule has 96 valence electrons. The Morgan fingerprint density at radius 1 is 1.61 bits per heavy atom. The van der Waals surface area contributed by atoms with Gasteiger partial charge in [-0.15, -0.1) is 11.3 Å². The molecule has 1 aliphatic heterocycles. The molecule has 18 heavy (non-hydrogen) atoms. The first-order valence-electron chi connectivity index (χ1n) is 6.17. The number of nitrogens with one attached hydrogen (secondary N) is 2. The maximum Gasteiger partial charge on any atom is 0.124 e. The molecule has 0 amide bonds. The summed E-state index contributed by atoms with van der Waals surface area (Å²) < 4.78 is 2.06. The molecule has 2 aromatic heterocycles. The van der Waals surface area contributed by atoms with E-state index >= 15 is 0 Å². The Balaban J connectivity index is 1.50. The highest BCUT2D eigenvalue weighted by atomic mass is 32.1. The van der Waals surface area contributed by atoms with Gasteiger partial charge in [0.05, 0.1) is 16.9 Å². The van der Waals surface area contributed by atoms with Gasteiger partial charge < -0.3 is 10.6 Å². The molecular weight excluding hydrogens is 246 g/mol. The van der Waals surface area contributed by atoms with Crippen LogP contribution in [0, 0.1) is 12.8 Å². The predicted molar refractivity (Wildman–Crippen MR) is 72.8 cm³/mol. The molecule has 3 rings (SSSR count). The fraction of sp³-hybridized carbons (Fsp3) is 0.500. The third-order valence-corrected chi connectivity index (χ3v) is 3.76. The molecule has 0 saturated carbocycles. The Morgan fingerprint density at radius 2 is 2.56 bits per heavy atom. The molecule has 6 heteroatoms. The number of aryl methyl sites for hydroxylation is 1. The molecule has 2 aromatic rings. The average molecular weight is 263 g/mol. The average Bonchev–Trinajstić information content (AvgIpc) is 2.96. The summed E-state index contributed by atoms with van der Waals surface area (Å²) in [6, 6.07) is 2.10. The number of fused-ring (bicyclic) bond motifs is 1. The lowest BCUT2D eigenvalue weighted by molar-refractivity contribution is 0.390. The Labute approximate surface area is 110 Å². The molecule has 0 aliphatic carbocycles. The molecule has 1 atom stereocenters. The van der Waals surface area contributed by atoms with Crippen LogP contribution in [0.2, 0.25) is 0 Å². The minimum absolute atomic E-state index is 0.579. The molecule has 1 aliphatic rings. The largest absolute Gasteiger partial charge is 0.370 e. The lowest BCUT2D eigenvalue weighted by atomic mass is 10.1. The monoisotopic (exact) mass is 263 g/mol. The van der Waals surface area contributed by atoms with Gasteiger partial charge in [0.15, 0.2) is 0 Å². The van der Waals surface area contributed by atoms with Crippen LogP contribution in [0.1, 0.15) is 11.4 Å². The zero-order valence-corrected chi connectivity index (χ0v) is 11.2. The third kappa shape index (κ3) is 2.54. The smallest absolute Gasteiger partial charge is 0.124 e. The SMILES string of the molecule is Cc1cc2n(n1)CC(CNCc1cscn1)CN2. The maximum absolute atomic E-state index is 4.48. The van der Waals surface area contributed by atoms with Crippen molar-refractivity contribution in [2.45, 2.75) is 20.0 Å². The van der Waals surface area contributed by atoms with Crippen molar-refractivity contribution in [1.29, 1.82) is 0 Å². The van der Waals surface area contributed by atoms with Crippen molar-refractivity contribution < 1.29 is 0 Å². The van der Waals surface area contributed by atoms with Gasteiger partial charge in [-0.05, 0) is 6.92 Å². The standard InChI is InChI=1S/C12H17N5S/c1-9-2-12-14-4-10(6-17(12)16-9)3-13-5-11-7-18-8-15-11/h2,7-8,10,13-14H,3-6H2,1H3. The van der Waals surface area contributed by atoms with Gasteiger partial charge in [0.1, 0.15) is 5.82 Å². The van der Waals surface area contributed by atoms with Crippen molar-refractivity contribution in [3.8, 4) is 0 Å². The van der Waals surface area contributed by atoms with E-state index in [4.69, 9.17) is 0 Å². The van der Waals surface area contributed by atoms with E-state index in [1.165, 1.54) is 0 Å². The summed E-state index contributed by atoms with van der Waals surface area (Å²) >= 11 is 1.64. The van der Waals surface area contributed by atoms with E-state index in [1.54, 1.807) is 11.3 Å². The second kappa shape index (κ2) is 5.07. The quantitative estimate of drug-likeness (QED) is 0.877. The normalized spacial score (nSPS) is 18.4. The minimum atomic E-state index is 0.579. The summed E-state index contributed by atoms with van der Waals surface area (Å²) in [5.74, 6) is 1.72. The summed E-state index contributed by atoms with van der Waals surface area (Å²) in [6.45, 7) is 5.87. The van der Waals surface area contributed by atoms with Gasteiger partial charge in [0, 0.05) is 43.5 Å². The first-order valence-corrected chi connectivity index (χ1v) is 7.11. The fourth-order valence-corrected chi connectivity index (χ4v) is 2.81. The Hall–Kier alpha value is -1.40. The minimum Gasteiger partial charge on any atom is -0.370 e. The predicted octanol–water partition coefficient (Wildman–Crippen LogP) is 1.48. The van der Waals surface area contributed by atoms with Gasteiger partial charge in [0.25, 0.3) is 0 Å². The number of anilines is 1. The Kier molecular flexibility index (Phi) is 3.29. The number of hydrogen-bond acceptors (Lipinski definition) is 5. The molecule has 5 nitrogen and oxygen atoms in total. The van der Waals surface area contributed by atoms with Crippen LogP contribution in [0.4, 0.5) is 5.82 Å². The summed E-state index contributed by atoms with van der Waals surface area (Å²) in [4.78, 5) is 4.26. The molecule has 0 spiro atoms. The molecule has 0 saturated heterocycles. The highest BCUT2D eigenvalue weighted by molar-refractivity contribution is 7.07. The molecule has 2 N–H and O–H groups in total. The summed E-state index contributed by atoms with van der Waals surface area (Å²) in [7, 11) is 0. The first-order chi connectivity index (χ1) is 8.81. The van der Waals surface area contributed by atoms with Gasteiger partial charge in [-0.1, -0.05) is 0 Å². The first kappa shape index (κ1) is 11.7. The summed E-state index contributed by atoms with van der Waals surface area (Å²) in [5, 5.41) is 13.4. The van der Waals surface area contributed by atoms with Crippen molar-refractivity contribution in [1.82, 2.24) is 20.1 Å². The van der Waals surface area contributed by atoms with Crippen molar-refractivity contribution in [3.63, 3.8) is 0 Å². The molecular formula is C12H17N5S. The van der Waals surface area contributed by atoms with Gasteiger partial charge in [0.2, 0.25) is 0 Å². The van der Waals surface area contributed by atoms with E-state index in [0.29, 0.717) is 5.92 Å². The third-order valence-electron chi connectivity index (χ3n) is 3.13. The van der Waals surface area contributed by atoms with Crippen molar-refractivity contribution in [2.75, 3.05) is 18.4 Å². The zero-order valence-electron chi connectivity index (χ0n) is 10.4. The van der Waals surface area contributed by atoms with Gasteiger partial charge >= 0.3 is 0 Å². The fourth-order valence-electron chi connectivity index (χ4n) is 2.25.